The van der Waals surface area contributed by atoms with Crippen LogP contribution in [0.2, 0.25) is 0 Å². The summed E-state index contributed by atoms with van der Waals surface area (Å²) in [5.74, 6) is 0.888. The topological polar surface area (TPSA) is 41.6 Å². The van der Waals surface area contributed by atoms with Crippen LogP contribution in [0.5, 0.6) is 5.75 Å². The van der Waals surface area contributed by atoms with Crippen LogP contribution in [0.1, 0.15) is 23.7 Å². The Bertz CT molecular complexity index is 640. The van der Waals surface area contributed by atoms with Crippen LogP contribution in [-0.4, -0.2) is 36.5 Å². The van der Waals surface area contributed by atoms with Gasteiger partial charge in [0.1, 0.15) is 5.75 Å². The molecule has 1 saturated heterocycles. The molecule has 0 saturated carbocycles. The van der Waals surface area contributed by atoms with Gasteiger partial charge < -0.3 is 15.0 Å². The third kappa shape index (κ3) is 3.83. The van der Waals surface area contributed by atoms with E-state index in [4.69, 9.17) is 4.74 Å². The Morgan fingerprint density at radius 3 is 2.61 bits per heavy atom. The lowest BCUT2D eigenvalue weighted by Crippen LogP contribution is -2.31. The van der Waals surface area contributed by atoms with Gasteiger partial charge in [-0.1, -0.05) is 18.2 Å². The van der Waals surface area contributed by atoms with E-state index in [1.165, 1.54) is 0 Å². The number of anilines is 1. The minimum Gasteiger partial charge on any atom is -0.494 e. The number of nitrogens with one attached hydrogen (secondary N) is 1. The molecule has 0 bridgehead atoms. The van der Waals surface area contributed by atoms with Gasteiger partial charge in [0.05, 0.1) is 6.61 Å². The third-order valence-corrected chi connectivity index (χ3v) is 4.03. The van der Waals surface area contributed by atoms with Gasteiger partial charge in [-0.2, -0.15) is 0 Å². The van der Waals surface area contributed by atoms with Crippen LogP contribution in [0.25, 0.3) is 0 Å². The van der Waals surface area contributed by atoms with Gasteiger partial charge in [0.15, 0.2) is 0 Å². The molecule has 2 aromatic rings. The summed E-state index contributed by atoms with van der Waals surface area (Å²) in [6.07, 6.45) is 0.970. The smallest absolute Gasteiger partial charge is 0.253 e. The molecule has 120 valence electrons. The first-order chi connectivity index (χ1) is 11.3. The molecular weight excluding hydrogens is 288 g/mol. The summed E-state index contributed by atoms with van der Waals surface area (Å²) in [7, 11) is 0. The molecule has 1 aliphatic rings. The first kappa shape index (κ1) is 15.4. The van der Waals surface area contributed by atoms with Crippen LogP contribution in [0.15, 0.2) is 54.6 Å². The minimum atomic E-state index is 0.0883. The van der Waals surface area contributed by atoms with Crippen LogP contribution < -0.4 is 10.1 Å². The number of hydrogen-bond donors (Lipinski definition) is 1. The van der Waals surface area contributed by atoms with E-state index < -0.39 is 0 Å². The molecule has 4 nitrogen and oxygen atoms in total. The summed E-state index contributed by atoms with van der Waals surface area (Å²) in [4.78, 5) is 14.5. The maximum atomic E-state index is 12.6. The predicted octanol–water partition coefficient (Wildman–Crippen LogP) is 3.41. The van der Waals surface area contributed by atoms with E-state index in [2.05, 4.69) is 17.4 Å². The minimum absolute atomic E-state index is 0.0883. The molecule has 3 rings (SSSR count). The number of carbonyl (C=O) groups excluding carboxylic acids is 1. The SMILES string of the molecule is CCOc1ccc(C(=O)N2CCC(Nc3ccccc3)C2)cc1. The third-order valence-electron chi connectivity index (χ3n) is 4.03. The van der Waals surface area contributed by atoms with Gasteiger partial charge >= 0.3 is 0 Å². The van der Waals surface area contributed by atoms with E-state index in [9.17, 15) is 4.79 Å². The monoisotopic (exact) mass is 310 g/mol. The average molecular weight is 310 g/mol. The molecule has 2 aromatic carbocycles. The van der Waals surface area contributed by atoms with Gasteiger partial charge in [-0.05, 0) is 49.7 Å². The van der Waals surface area contributed by atoms with Gasteiger partial charge in [0, 0.05) is 30.4 Å². The molecule has 1 amide bonds. The van der Waals surface area contributed by atoms with E-state index in [1.807, 2.05) is 54.3 Å². The molecule has 1 fully saturated rings. The fourth-order valence-corrected chi connectivity index (χ4v) is 2.88. The van der Waals surface area contributed by atoms with Gasteiger partial charge in [0.25, 0.3) is 5.91 Å². The summed E-state index contributed by atoms with van der Waals surface area (Å²) in [6, 6.07) is 17.8. The molecule has 1 aliphatic heterocycles. The standard InChI is InChI=1S/C19H22N2O2/c1-2-23-18-10-8-15(9-11-18)19(22)21-13-12-17(14-21)20-16-6-4-3-5-7-16/h3-11,17,20H,2,12-14H2,1H3. The van der Waals surface area contributed by atoms with Crippen LogP contribution in [0.4, 0.5) is 5.69 Å². The number of likely N-dealkylation sites (tertiary alicyclic amines) is 1. The summed E-state index contributed by atoms with van der Waals surface area (Å²) in [5.41, 5.74) is 1.82. The normalized spacial score (nSPS) is 17.1. The summed E-state index contributed by atoms with van der Waals surface area (Å²) < 4.78 is 5.41. The van der Waals surface area contributed by atoms with Gasteiger partial charge in [0.2, 0.25) is 0 Å². The van der Waals surface area contributed by atoms with Crippen LogP contribution >= 0.6 is 0 Å². The summed E-state index contributed by atoms with van der Waals surface area (Å²) in [5, 5.41) is 3.49. The molecule has 1 atom stereocenters. The Kier molecular flexibility index (Phi) is 4.81. The maximum absolute atomic E-state index is 12.6. The number of rotatable bonds is 5. The Labute approximate surface area is 137 Å². The number of nitrogens with zero attached hydrogens (tertiary/aromatic N) is 1. The zero-order valence-corrected chi connectivity index (χ0v) is 13.4. The predicted molar refractivity (Wildman–Crippen MR) is 92.0 cm³/mol. The van der Waals surface area contributed by atoms with Crippen molar-refractivity contribution in [1.29, 1.82) is 0 Å². The molecule has 23 heavy (non-hydrogen) atoms. The van der Waals surface area contributed by atoms with Crippen molar-refractivity contribution < 1.29 is 9.53 Å². The Balaban J connectivity index is 1.58. The second-order valence-corrected chi connectivity index (χ2v) is 5.70. The van der Waals surface area contributed by atoms with E-state index in [0.717, 1.165) is 30.9 Å². The molecule has 1 N–H and O–H groups in total. The fourth-order valence-electron chi connectivity index (χ4n) is 2.88. The van der Waals surface area contributed by atoms with Crippen molar-refractivity contribution >= 4 is 11.6 Å². The highest BCUT2D eigenvalue weighted by Gasteiger charge is 2.26. The van der Waals surface area contributed by atoms with Crippen LogP contribution in [0, 0.1) is 0 Å². The summed E-state index contributed by atoms with van der Waals surface area (Å²) >= 11 is 0. The number of benzene rings is 2. The Morgan fingerprint density at radius 2 is 1.91 bits per heavy atom. The zero-order valence-electron chi connectivity index (χ0n) is 13.4. The lowest BCUT2D eigenvalue weighted by molar-refractivity contribution is 0.0791. The van der Waals surface area contributed by atoms with Crippen LogP contribution in [-0.2, 0) is 0 Å². The number of para-hydroxylation sites is 1. The van der Waals surface area contributed by atoms with Crippen molar-refractivity contribution in [2.75, 3.05) is 25.0 Å². The van der Waals surface area contributed by atoms with E-state index in [0.29, 0.717) is 18.2 Å². The Morgan fingerprint density at radius 1 is 1.17 bits per heavy atom. The first-order valence-electron chi connectivity index (χ1n) is 8.10. The van der Waals surface area contributed by atoms with Crippen molar-refractivity contribution in [3.8, 4) is 5.75 Å². The van der Waals surface area contributed by atoms with Crippen molar-refractivity contribution in [1.82, 2.24) is 4.90 Å². The molecule has 0 aliphatic carbocycles. The number of hydrogen-bond acceptors (Lipinski definition) is 3. The van der Waals surface area contributed by atoms with Gasteiger partial charge in [-0.3, -0.25) is 4.79 Å². The molecular formula is C19H22N2O2. The number of carbonyl (C=O) groups is 1. The Hall–Kier alpha value is -2.49. The lowest BCUT2D eigenvalue weighted by Gasteiger charge is -2.18. The van der Waals surface area contributed by atoms with Crippen LogP contribution in [0.3, 0.4) is 0 Å². The summed E-state index contributed by atoms with van der Waals surface area (Å²) in [6.45, 7) is 4.10. The van der Waals surface area contributed by atoms with Crippen molar-refractivity contribution in [2.45, 2.75) is 19.4 Å². The molecule has 1 heterocycles. The first-order valence-corrected chi connectivity index (χ1v) is 8.10. The molecule has 0 radical (unpaired) electrons. The highest BCUT2D eigenvalue weighted by Crippen LogP contribution is 2.19. The second-order valence-electron chi connectivity index (χ2n) is 5.70. The quantitative estimate of drug-likeness (QED) is 0.920. The zero-order chi connectivity index (χ0) is 16.1. The maximum Gasteiger partial charge on any atom is 0.253 e. The highest BCUT2D eigenvalue weighted by atomic mass is 16.5. The van der Waals surface area contributed by atoms with E-state index in [-0.39, 0.29) is 5.91 Å². The number of ether oxygens (including phenoxy) is 1. The average Bonchev–Trinajstić information content (AvgIpc) is 3.05. The molecule has 0 aromatic heterocycles. The van der Waals surface area contributed by atoms with Crippen molar-refractivity contribution in [3.05, 3.63) is 60.2 Å². The second kappa shape index (κ2) is 7.18. The molecule has 4 heteroatoms. The largest absolute Gasteiger partial charge is 0.494 e. The van der Waals surface area contributed by atoms with E-state index >= 15 is 0 Å². The van der Waals surface area contributed by atoms with Gasteiger partial charge in [-0.25, -0.2) is 0 Å². The van der Waals surface area contributed by atoms with Crippen molar-refractivity contribution in [2.24, 2.45) is 0 Å². The molecule has 0 spiro atoms. The fraction of sp³-hybridized carbons (Fsp3) is 0.316. The van der Waals surface area contributed by atoms with E-state index in [1.54, 1.807) is 0 Å². The number of amides is 1. The molecule has 1 unspecified atom stereocenters. The van der Waals surface area contributed by atoms with Gasteiger partial charge in [-0.15, -0.1) is 0 Å². The lowest BCUT2D eigenvalue weighted by atomic mass is 10.2. The van der Waals surface area contributed by atoms with Crippen molar-refractivity contribution in [3.63, 3.8) is 0 Å². The highest BCUT2D eigenvalue weighted by molar-refractivity contribution is 5.94.